The van der Waals surface area contributed by atoms with E-state index < -0.39 is 5.97 Å². The summed E-state index contributed by atoms with van der Waals surface area (Å²) in [6.07, 6.45) is 0.581. The first-order chi connectivity index (χ1) is 14.5. The largest absolute Gasteiger partial charge is 0.465 e. The first kappa shape index (κ1) is 21.6. The summed E-state index contributed by atoms with van der Waals surface area (Å²) in [7, 11) is 1.32. The number of benzene rings is 1. The highest BCUT2D eigenvalue weighted by atomic mass is 16.5. The minimum Gasteiger partial charge on any atom is -0.465 e. The van der Waals surface area contributed by atoms with E-state index in [9.17, 15) is 14.4 Å². The van der Waals surface area contributed by atoms with Crippen LogP contribution in [-0.4, -0.2) is 61.1 Å². The lowest BCUT2D eigenvalue weighted by Gasteiger charge is -2.26. The number of carbonyl (C=O) groups is 3. The van der Waals surface area contributed by atoms with Crippen molar-refractivity contribution in [1.82, 2.24) is 15.2 Å². The predicted molar refractivity (Wildman–Crippen MR) is 111 cm³/mol. The smallest absolute Gasteiger partial charge is 0.339 e. The molecule has 30 heavy (non-hydrogen) atoms. The zero-order valence-electron chi connectivity index (χ0n) is 17.5. The molecule has 2 heterocycles. The first-order valence-electron chi connectivity index (χ1n) is 10.00. The standard InChI is InChI=1S/C22H27N3O5/c1-4-17-18(22(28)29-3)14(2)19(24-17)20(26)23-13-15-5-7-16(8-6-15)21(27)25-9-11-30-12-10-25/h5-8,24H,4,9-13H2,1-3H3,(H,23,26). The molecule has 2 N–H and O–H groups in total. The van der Waals surface area contributed by atoms with E-state index in [-0.39, 0.29) is 11.8 Å². The van der Waals surface area contributed by atoms with Gasteiger partial charge in [0.25, 0.3) is 11.8 Å². The zero-order chi connectivity index (χ0) is 21.7. The molecule has 1 aromatic carbocycles. The molecule has 0 aliphatic carbocycles. The van der Waals surface area contributed by atoms with Crippen molar-refractivity contribution in [3.8, 4) is 0 Å². The summed E-state index contributed by atoms with van der Waals surface area (Å²) >= 11 is 0. The van der Waals surface area contributed by atoms with E-state index in [1.54, 1.807) is 24.0 Å². The van der Waals surface area contributed by atoms with Gasteiger partial charge in [0.2, 0.25) is 0 Å². The van der Waals surface area contributed by atoms with Gasteiger partial charge in [-0.05, 0) is 36.6 Å². The number of rotatable bonds is 6. The highest BCUT2D eigenvalue weighted by Gasteiger charge is 2.23. The second-order valence-corrected chi connectivity index (χ2v) is 7.11. The summed E-state index contributed by atoms with van der Waals surface area (Å²) in [6.45, 7) is 6.25. The fourth-order valence-electron chi connectivity index (χ4n) is 3.51. The predicted octanol–water partition coefficient (Wildman–Crippen LogP) is 2.07. The maximum atomic E-state index is 12.6. The third-order valence-corrected chi connectivity index (χ3v) is 5.25. The molecule has 1 aromatic heterocycles. The van der Waals surface area contributed by atoms with Gasteiger partial charge in [0, 0.05) is 30.9 Å². The number of morpholine rings is 1. The molecule has 1 aliphatic rings. The summed E-state index contributed by atoms with van der Waals surface area (Å²) in [6, 6.07) is 7.19. The molecular weight excluding hydrogens is 386 g/mol. The van der Waals surface area contributed by atoms with Crippen LogP contribution in [0.1, 0.15) is 54.9 Å². The van der Waals surface area contributed by atoms with Gasteiger partial charge in [-0.2, -0.15) is 0 Å². The molecule has 0 unspecified atom stereocenters. The van der Waals surface area contributed by atoms with Crippen LogP contribution in [-0.2, 0) is 22.4 Å². The topological polar surface area (TPSA) is 101 Å². The number of carbonyl (C=O) groups excluding carboxylic acids is 3. The lowest BCUT2D eigenvalue weighted by molar-refractivity contribution is 0.0303. The van der Waals surface area contributed by atoms with Gasteiger partial charge < -0.3 is 24.7 Å². The molecule has 2 amide bonds. The Hall–Kier alpha value is -3.13. The Morgan fingerprint density at radius 1 is 1.17 bits per heavy atom. The lowest BCUT2D eigenvalue weighted by atomic mass is 10.1. The quantitative estimate of drug-likeness (QED) is 0.706. The highest BCUT2D eigenvalue weighted by Crippen LogP contribution is 2.20. The number of methoxy groups -OCH3 is 1. The number of nitrogens with one attached hydrogen (secondary N) is 2. The van der Waals surface area contributed by atoms with Crippen LogP contribution in [0, 0.1) is 6.92 Å². The van der Waals surface area contributed by atoms with Crippen molar-refractivity contribution in [3.63, 3.8) is 0 Å². The highest BCUT2D eigenvalue weighted by molar-refractivity contribution is 6.00. The minimum absolute atomic E-state index is 0.0154. The van der Waals surface area contributed by atoms with Crippen molar-refractivity contribution < 1.29 is 23.9 Å². The Morgan fingerprint density at radius 2 is 1.83 bits per heavy atom. The monoisotopic (exact) mass is 413 g/mol. The van der Waals surface area contributed by atoms with Crippen LogP contribution in [0.4, 0.5) is 0 Å². The Bertz CT molecular complexity index is 927. The molecule has 0 atom stereocenters. The van der Waals surface area contributed by atoms with Gasteiger partial charge in [0.1, 0.15) is 5.69 Å². The summed E-state index contributed by atoms with van der Waals surface area (Å²) in [4.78, 5) is 42.0. The number of aromatic amines is 1. The molecular formula is C22H27N3O5. The zero-order valence-corrected chi connectivity index (χ0v) is 17.5. The Morgan fingerprint density at radius 3 is 2.43 bits per heavy atom. The van der Waals surface area contributed by atoms with E-state index in [2.05, 4.69) is 10.3 Å². The molecule has 3 rings (SSSR count). The first-order valence-corrected chi connectivity index (χ1v) is 10.00. The average Bonchev–Trinajstić information content (AvgIpc) is 3.13. The number of esters is 1. The third-order valence-electron chi connectivity index (χ3n) is 5.25. The second-order valence-electron chi connectivity index (χ2n) is 7.11. The molecule has 2 aromatic rings. The molecule has 8 heteroatoms. The Balaban J connectivity index is 1.64. The van der Waals surface area contributed by atoms with Crippen LogP contribution in [0.15, 0.2) is 24.3 Å². The van der Waals surface area contributed by atoms with E-state index in [0.717, 1.165) is 5.56 Å². The Kier molecular flexibility index (Phi) is 6.89. The van der Waals surface area contributed by atoms with Crippen LogP contribution in [0.25, 0.3) is 0 Å². The van der Waals surface area contributed by atoms with Crippen LogP contribution >= 0.6 is 0 Å². The fraction of sp³-hybridized carbons (Fsp3) is 0.409. The van der Waals surface area contributed by atoms with Gasteiger partial charge in [-0.1, -0.05) is 19.1 Å². The van der Waals surface area contributed by atoms with Gasteiger partial charge in [-0.15, -0.1) is 0 Å². The van der Waals surface area contributed by atoms with E-state index >= 15 is 0 Å². The van der Waals surface area contributed by atoms with Gasteiger partial charge in [0.15, 0.2) is 0 Å². The summed E-state index contributed by atoms with van der Waals surface area (Å²) in [5.41, 5.74) is 3.50. The van der Waals surface area contributed by atoms with E-state index in [1.807, 2.05) is 19.1 Å². The number of nitrogens with zero attached hydrogens (tertiary/aromatic N) is 1. The SMILES string of the molecule is CCc1[nH]c(C(=O)NCc2ccc(C(=O)N3CCOCC3)cc2)c(C)c1C(=O)OC. The molecule has 1 aliphatic heterocycles. The van der Waals surface area contributed by atoms with Crippen LogP contribution < -0.4 is 5.32 Å². The number of ether oxygens (including phenoxy) is 2. The van der Waals surface area contributed by atoms with E-state index in [4.69, 9.17) is 9.47 Å². The summed E-state index contributed by atoms with van der Waals surface area (Å²) in [5, 5.41) is 2.86. The minimum atomic E-state index is -0.458. The van der Waals surface area contributed by atoms with Crippen molar-refractivity contribution in [2.45, 2.75) is 26.8 Å². The summed E-state index contributed by atoms with van der Waals surface area (Å²) in [5.74, 6) is -0.774. The summed E-state index contributed by atoms with van der Waals surface area (Å²) < 4.78 is 10.1. The maximum absolute atomic E-state index is 12.6. The number of aromatic nitrogens is 1. The maximum Gasteiger partial charge on any atom is 0.339 e. The molecule has 0 radical (unpaired) electrons. The van der Waals surface area contributed by atoms with Crippen molar-refractivity contribution >= 4 is 17.8 Å². The van der Waals surface area contributed by atoms with Gasteiger partial charge in [0.05, 0.1) is 25.9 Å². The van der Waals surface area contributed by atoms with Crippen LogP contribution in [0.3, 0.4) is 0 Å². The lowest BCUT2D eigenvalue weighted by Crippen LogP contribution is -2.40. The molecule has 0 spiro atoms. The molecule has 0 saturated carbocycles. The normalized spacial score (nSPS) is 13.8. The molecule has 1 saturated heterocycles. The third kappa shape index (κ3) is 4.54. The number of amides is 2. The van der Waals surface area contributed by atoms with Gasteiger partial charge in [-0.3, -0.25) is 9.59 Å². The number of hydrogen-bond acceptors (Lipinski definition) is 5. The van der Waals surface area contributed by atoms with E-state index in [1.165, 1.54) is 7.11 Å². The average molecular weight is 413 g/mol. The second kappa shape index (κ2) is 9.58. The molecule has 160 valence electrons. The van der Waals surface area contributed by atoms with Crippen LogP contribution in [0.5, 0.6) is 0 Å². The number of H-pyrrole nitrogens is 1. The molecule has 8 nitrogen and oxygen atoms in total. The number of hydrogen-bond donors (Lipinski definition) is 2. The fourth-order valence-corrected chi connectivity index (χ4v) is 3.51. The van der Waals surface area contributed by atoms with Crippen molar-refractivity contribution in [3.05, 3.63) is 57.9 Å². The number of aryl methyl sites for hydroxylation is 1. The van der Waals surface area contributed by atoms with E-state index in [0.29, 0.717) is 67.3 Å². The van der Waals surface area contributed by atoms with Crippen molar-refractivity contribution in [2.75, 3.05) is 33.4 Å². The molecule has 0 bridgehead atoms. The van der Waals surface area contributed by atoms with Crippen LogP contribution in [0.2, 0.25) is 0 Å². The van der Waals surface area contributed by atoms with Gasteiger partial charge in [-0.25, -0.2) is 4.79 Å². The van der Waals surface area contributed by atoms with Crippen molar-refractivity contribution in [1.29, 1.82) is 0 Å². The van der Waals surface area contributed by atoms with Crippen molar-refractivity contribution in [2.24, 2.45) is 0 Å². The Labute approximate surface area is 175 Å². The van der Waals surface area contributed by atoms with Gasteiger partial charge >= 0.3 is 5.97 Å². The molecule has 1 fully saturated rings.